The predicted octanol–water partition coefficient (Wildman–Crippen LogP) is 2.62. The van der Waals surface area contributed by atoms with E-state index in [4.69, 9.17) is 0 Å². The van der Waals surface area contributed by atoms with Crippen LogP contribution < -0.4 is 5.32 Å². The molecule has 1 fully saturated rings. The van der Waals surface area contributed by atoms with E-state index in [0.717, 1.165) is 35.8 Å². The Bertz CT molecular complexity index is 405. The van der Waals surface area contributed by atoms with E-state index >= 15 is 0 Å². The smallest absolute Gasteiger partial charge is 0.0897 e. The van der Waals surface area contributed by atoms with Gasteiger partial charge in [0.05, 0.1) is 16.0 Å². The van der Waals surface area contributed by atoms with Gasteiger partial charge in [-0.1, -0.05) is 19.8 Å². The van der Waals surface area contributed by atoms with Gasteiger partial charge in [0.1, 0.15) is 0 Å². The number of hydrogen-bond donors (Lipinski definition) is 1. The Kier molecular flexibility index (Phi) is 5.33. The van der Waals surface area contributed by atoms with Gasteiger partial charge in [0.25, 0.3) is 0 Å². The van der Waals surface area contributed by atoms with Crippen molar-refractivity contribution in [3.05, 3.63) is 16.1 Å². The Hall–Kier alpha value is -0.260. The zero-order chi connectivity index (χ0) is 13.0. The van der Waals surface area contributed by atoms with Crippen LogP contribution in [0.3, 0.4) is 0 Å². The molecule has 102 valence electrons. The molecule has 1 N–H and O–H groups in total. The number of thiazole rings is 1. The average molecular weight is 286 g/mol. The molecule has 0 bridgehead atoms. The summed E-state index contributed by atoms with van der Waals surface area (Å²) in [5.74, 6) is 0.776. The maximum absolute atomic E-state index is 12.1. The van der Waals surface area contributed by atoms with Crippen molar-refractivity contribution in [2.24, 2.45) is 0 Å². The summed E-state index contributed by atoms with van der Waals surface area (Å²) in [6, 6.07) is 0.404. The van der Waals surface area contributed by atoms with Crippen LogP contribution in [0.2, 0.25) is 0 Å². The van der Waals surface area contributed by atoms with Gasteiger partial charge < -0.3 is 5.32 Å². The molecule has 5 heteroatoms. The minimum absolute atomic E-state index is 0.337. The van der Waals surface area contributed by atoms with E-state index in [1.165, 1.54) is 12.8 Å². The Balaban J connectivity index is 1.91. The number of hydrogen-bond acceptors (Lipinski definition) is 4. The van der Waals surface area contributed by atoms with Gasteiger partial charge in [-0.05, 0) is 19.8 Å². The molecule has 1 aliphatic rings. The van der Waals surface area contributed by atoms with Crippen molar-refractivity contribution in [1.82, 2.24) is 10.3 Å². The Morgan fingerprint density at radius 1 is 1.50 bits per heavy atom. The largest absolute Gasteiger partial charge is 0.307 e. The lowest BCUT2D eigenvalue weighted by molar-refractivity contribution is 0.376. The van der Waals surface area contributed by atoms with Crippen LogP contribution in [0.1, 0.15) is 43.3 Å². The summed E-state index contributed by atoms with van der Waals surface area (Å²) in [7, 11) is -0.676. The van der Waals surface area contributed by atoms with Crippen molar-refractivity contribution < 1.29 is 4.21 Å². The fourth-order valence-electron chi connectivity index (χ4n) is 2.58. The van der Waals surface area contributed by atoms with E-state index in [2.05, 4.69) is 15.7 Å². The minimum atomic E-state index is -0.676. The van der Waals surface area contributed by atoms with E-state index in [9.17, 15) is 4.21 Å². The third-order valence-corrected chi connectivity index (χ3v) is 6.17. The number of aryl methyl sites for hydroxylation is 1. The molecule has 0 aliphatic heterocycles. The van der Waals surface area contributed by atoms with Crippen LogP contribution in [0.15, 0.2) is 5.38 Å². The van der Waals surface area contributed by atoms with Crippen molar-refractivity contribution in [3.63, 3.8) is 0 Å². The first-order chi connectivity index (χ1) is 8.70. The number of aromatic nitrogens is 1. The standard InChI is InChI=1S/C13H22N2OS2/c1-3-18(16)13-7-5-4-6-12(13)14-8-11-9-17-10(2)15-11/h9,12-14H,3-8H2,1-2H3/t12-,13+,18+/m1/s1. The Morgan fingerprint density at radius 2 is 2.28 bits per heavy atom. The van der Waals surface area contributed by atoms with Gasteiger partial charge in [-0.2, -0.15) is 0 Å². The molecule has 0 aromatic carbocycles. The first-order valence-electron chi connectivity index (χ1n) is 6.72. The van der Waals surface area contributed by atoms with Gasteiger partial charge in [0.2, 0.25) is 0 Å². The van der Waals surface area contributed by atoms with E-state index < -0.39 is 10.8 Å². The minimum Gasteiger partial charge on any atom is -0.307 e. The molecule has 1 heterocycles. The highest BCUT2D eigenvalue weighted by Crippen LogP contribution is 2.23. The Labute approximate surface area is 116 Å². The third-order valence-electron chi connectivity index (χ3n) is 3.54. The molecule has 1 aromatic heterocycles. The zero-order valence-electron chi connectivity index (χ0n) is 11.1. The molecule has 1 aromatic rings. The molecule has 1 aliphatic carbocycles. The summed E-state index contributed by atoms with van der Waals surface area (Å²) in [5, 5.41) is 7.13. The van der Waals surface area contributed by atoms with Crippen molar-refractivity contribution in [2.75, 3.05) is 5.75 Å². The molecule has 2 rings (SSSR count). The maximum Gasteiger partial charge on any atom is 0.0897 e. The molecule has 18 heavy (non-hydrogen) atoms. The van der Waals surface area contributed by atoms with Gasteiger partial charge >= 0.3 is 0 Å². The molecule has 3 atom stereocenters. The highest BCUT2D eigenvalue weighted by molar-refractivity contribution is 7.85. The molecule has 0 spiro atoms. The molecular formula is C13H22N2OS2. The van der Waals surface area contributed by atoms with Crippen LogP contribution in [-0.2, 0) is 17.3 Å². The molecule has 0 radical (unpaired) electrons. The van der Waals surface area contributed by atoms with Gasteiger partial charge in [0.15, 0.2) is 0 Å². The lowest BCUT2D eigenvalue weighted by atomic mass is 9.95. The summed E-state index contributed by atoms with van der Waals surface area (Å²) in [5.41, 5.74) is 1.11. The number of nitrogens with zero attached hydrogens (tertiary/aromatic N) is 1. The van der Waals surface area contributed by atoms with Gasteiger partial charge in [-0.25, -0.2) is 4.98 Å². The lowest BCUT2D eigenvalue weighted by Gasteiger charge is -2.31. The molecule has 3 nitrogen and oxygen atoms in total. The highest BCUT2D eigenvalue weighted by Gasteiger charge is 2.28. The zero-order valence-corrected chi connectivity index (χ0v) is 12.8. The van der Waals surface area contributed by atoms with Crippen molar-refractivity contribution >= 4 is 22.1 Å². The molecular weight excluding hydrogens is 264 g/mol. The van der Waals surface area contributed by atoms with Crippen LogP contribution in [0.25, 0.3) is 0 Å². The molecule has 0 saturated heterocycles. The summed E-state index contributed by atoms with van der Waals surface area (Å²) in [4.78, 5) is 4.47. The first kappa shape index (κ1) is 14.2. The third kappa shape index (κ3) is 3.62. The van der Waals surface area contributed by atoms with E-state index in [-0.39, 0.29) is 0 Å². The number of nitrogens with one attached hydrogen (secondary N) is 1. The van der Waals surface area contributed by atoms with Crippen molar-refractivity contribution in [1.29, 1.82) is 0 Å². The summed E-state index contributed by atoms with van der Waals surface area (Å²) < 4.78 is 12.1. The second kappa shape index (κ2) is 6.78. The SMILES string of the molecule is CC[S@](=O)[C@H]1CCCC[C@H]1NCc1csc(C)n1. The normalized spacial score (nSPS) is 26.1. The second-order valence-electron chi connectivity index (χ2n) is 4.84. The quantitative estimate of drug-likeness (QED) is 0.905. The van der Waals surface area contributed by atoms with Gasteiger partial charge in [-0.15, -0.1) is 11.3 Å². The van der Waals surface area contributed by atoms with E-state index in [1.807, 2.05) is 13.8 Å². The second-order valence-corrected chi connectivity index (χ2v) is 7.84. The fraction of sp³-hybridized carbons (Fsp3) is 0.769. The lowest BCUT2D eigenvalue weighted by Crippen LogP contribution is -2.44. The van der Waals surface area contributed by atoms with Crippen molar-refractivity contribution in [2.45, 2.75) is 57.4 Å². The van der Waals surface area contributed by atoms with Gasteiger partial charge in [-0.3, -0.25) is 4.21 Å². The molecule has 0 amide bonds. The van der Waals surface area contributed by atoms with E-state index in [1.54, 1.807) is 11.3 Å². The molecule has 0 unspecified atom stereocenters. The first-order valence-corrected chi connectivity index (χ1v) is 8.98. The topological polar surface area (TPSA) is 42.0 Å². The van der Waals surface area contributed by atoms with Crippen LogP contribution in [-0.4, -0.2) is 26.2 Å². The van der Waals surface area contributed by atoms with E-state index in [0.29, 0.717) is 11.3 Å². The summed E-state index contributed by atoms with van der Waals surface area (Å²) in [6.07, 6.45) is 4.74. The Morgan fingerprint density at radius 3 is 2.94 bits per heavy atom. The predicted molar refractivity (Wildman–Crippen MR) is 78.4 cm³/mol. The summed E-state index contributed by atoms with van der Waals surface area (Å²) in [6.45, 7) is 4.86. The van der Waals surface area contributed by atoms with Crippen molar-refractivity contribution in [3.8, 4) is 0 Å². The van der Waals surface area contributed by atoms with Crippen LogP contribution in [0.5, 0.6) is 0 Å². The number of rotatable bonds is 5. The maximum atomic E-state index is 12.1. The molecule has 1 saturated carbocycles. The van der Waals surface area contributed by atoms with Crippen LogP contribution in [0, 0.1) is 6.92 Å². The monoisotopic (exact) mass is 286 g/mol. The summed E-state index contributed by atoms with van der Waals surface area (Å²) >= 11 is 1.69. The van der Waals surface area contributed by atoms with Crippen LogP contribution >= 0.6 is 11.3 Å². The fourth-order valence-corrected chi connectivity index (χ4v) is 4.65. The average Bonchev–Trinajstić information content (AvgIpc) is 2.81. The highest BCUT2D eigenvalue weighted by atomic mass is 32.2. The van der Waals surface area contributed by atoms with Gasteiger partial charge in [0, 0.05) is 34.5 Å². The van der Waals surface area contributed by atoms with Crippen LogP contribution in [0.4, 0.5) is 0 Å².